The maximum atomic E-state index is 13.1. The molecule has 1 aliphatic rings. The van der Waals surface area contributed by atoms with Crippen molar-refractivity contribution in [1.29, 1.82) is 0 Å². The number of aryl methyl sites for hydroxylation is 2. The summed E-state index contributed by atoms with van der Waals surface area (Å²) in [5.74, 6) is -1.15. The molecule has 0 saturated carbocycles. The number of carbonyl (C=O) groups excluding carboxylic acids is 2. The van der Waals surface area contributed by atoms with Gasteiger partial charge in [0.1, 0.15) is 5.92 Å². The van der Waals surface area contributed by atoms with Crippen molar-refractivity contribution in [3.8, 4) is 0 Å². The second kappa shape index (κ2) is 8.20. The van der Waals surface area contributed by atoms with Crippen LogP contribution in [-0.2, 0) is 19.6 Å². The number of carbonyl (C=O) groups is 2. The first-order valence-corrected chi connectivity index (χ1v) is 11.3. The fourth-order valence-corrected chi connectivity index (χ4v) is 4.17. The lowest BCUT2D eigenvalue weighted by Gasteiger charge is -2.27. The summed E-state index contributed by atoms with van der Waals surface area (Å²) in [4.78, 5) is 29.2. The smallest absolute Gasteiger partial charge is 0.239 e. The summed E-state index contributed by atoms with van der Waals surface area (Å²) in [5, 5.41) is 5.13. The van der Waals surface area contributed by atoms with E-state index in [0.29, 0.717) is 13.0 Å². The van der Waals surface area contributed by atoms with Gasteiger partial charge in [-0.15, -0.1) is 0 Å². The van der Waals surface area contributed by atoms with Gasteiger partial charge in [0.15, 0.2) is 0 Å². The third-order valence-corrected chi connectivity index (χ3v) is 6.85. The van der Waals surface area contributed by atoms with E-state index < -0.39 is 15.9 Å². The fourth-order valence-electron chi connectivity index (χ4n) is 3.66. The van der Waals surface area contributed by atoms with E-state index in [1.807, 2.05) is 39.0 Å². The number of rotatable bonds is 5. The summed E-state index contributed by atoms with van der Waals surface area (Å²) in [6.45, 7) is 6.36. The minimum Gasteiger partial charge on any atom is -0.338 e. The average molecular weight is 430 g/mol. The number of hydrogen-bond acceptors (Lipinski definition) is 4. The van der Waals surface area contributed by atoms with Gasteiger partial charge in [-0.3, -0.25) is 9.59 Å². The first-order valence-electron chi connectivity index (χ1n) is 9.78. The molecule has 1 fully saturated rings. The molecule has 0 spiro atoms. The molecule has 8 heteroatoms. The Labute approximate surface area is 177 Å². The molecule has 2 N–H and O–H groups in total. The molecule has 0 bridgehead atoms. The Balaban J connectivity index is 1.74. The molecule has 30 heavy (non-hydrogen) atoms. The summed E-state index contributed by atoms with van der Waals surface area (Å²) >= 11 is 0. The number of amides is 2. The van der Waals surface area contributed by atoms with E-state index in [2.05, 4.69) is 0 Å². The first kappa shape index (κ1) is 22.0. The molecule has 7 nitrogen and oxygen atoms in total. The number of benzene rings is 2. The standard InChI is InChI=1S/C22H27N3O4S/c1-14-5-8-18(13-15(14)2)25-12-11-20(22(25)27)21(26)24(4)16(3)17-6-9-19(10-7-17)30(23,28)29/h5-10,13,16,20H,11-12H2,1-4H3,(H2,23,28,29). The van der Waals surface area contributed by atoms with Crippen LogP contribution in [-0.4, -0.2) is 38.7 Å². The predicted molar refractivity (Wildman–Crippen MR) is 115 cm³/mol. The van der Waals surface area contributed by atoms with Gasteiger partial charge in [-0.2, -0.15) is 0 Å². The van der Waals surface area contributed by atoms with Crippen LogP contribution in [0.1, 0.15) is 36.1 Å². The van der Waals surface area contributed by atoms with Crippen LogP contribution >= 0.6 is 0 Å². The van der Waals surface area contributed by atoms with E-state index in [0.717, 1.165) is 22.4 Å². The molecular formula is C22H27N3O4S. The van der Waals surface area contributed by atoms with Gasteiger partial charge in [-0.1, -0.05) is 18.2 Å². The average Bonchev–Trinajstić information content (AvgIpc) is 3.09. The first-order chi connectivity index (χ1) is 14.0. The molecule has 0 aliphatic carbocycles. The Morgan fingerprint density at radius 2 is 1.77 bits per heavy atom. The van der Waals surface area contributed by atoms with Gasteiger partial charge in [0, 0.05) is 19.3 Å². The Bertz CT molecular complexity index is 1080. The highest BCUT2D eigenvalue weighted by Crippen LogP contribution is 2.30. The Morgan fingerprint density at radius 1 is 1.13 bits per heavy atom. The van der Waals surface area contributed by atoms with E-state index in [1.165, 1.54) is 12.1 Å². The minimum atomic E-state index is -3.77. The molecule has 3 rings (SSSR count). The lowest BCUT2D eigenvalue weighted by Crippen LogP contribution is -2.39. The normalized spacial score (nSPS) is 17.8. The highest BCUT2D eigenvalue weighted by atomic mass is 32.2. The Kier molecular flexibility index (Phi) is 6.01. The van der Waals surface area contributed by atoms with Crippen molar-refractivity contribution in [2.75, 3.05) is 18.5 Å². The zero-order valence-corrected chi connectivity index (χ0v) is 18.4. The highest BCUT2D eigenvalue weighted by molar-refractivity contribution is 7.89. The molecular weight excluding hydrogens is 402 g/mol. The number of anilines is 1. The second-order valence-electron chi connectivity index (χ2n) is 7.84. The van der Waals surface area contributed by atoms with Gasteiger partial charge >= 0.3 is 0 Å². The van der Waals surface area contributed by atoms with Crippen molar-refractivity contribution >= 4 is 27.5 Å². The van der Waals surface area contributed by atoms with Crippen molar-refractivity contribution < 1.29 is 18.0 Å². The van der Waals surface area contributed by atoms with Crippen LogP contribution in [0.2, 0.25) is 0 Å². The summed E-state index contributed by atoms with van der Waals surface area (Å²) < 4.78 is 22.8. The van der Waals surface area contributed by atoms with Crippen LogP contribution in [0, 0.1) is 19.8 Å². The Morgan fingerprint density at radius 3 is 2.33 bits per heavy atom. The van der Waals surface area contributed by atoms with E-state index >= 15 is 0 Å². The number of sulfonamides is 1. The molecule has 0 radical (unpaired) electrons. The predicted octanol–water partition coefficient (Wildman–Crippen LogP) is 2.52. The van der Waals surface area contributed by atoms with Crippen LogP contribution in [0.15, 0.2) is 47.4 Å². The van der Waals surface area contributed by atoms with Crippen molar-refractivity contribution in [3.63, 3.8) is 0 Å². The molecule has 2 amide bonds. The molecule has 0 aromatic heterocycles. The number of nitrogens with two attached hydrogens (primary N) is 1. The van der Waals surface area contributed by atoms with Crippen LogP contribution < -0.4 is 10.0 Å². The van der Waals surface area contributed by atoms with Gasteiger partial charge in [0.05, 0.1) is 10.9 Å². The molecule has 2 aromatic carbocycles. The van der Waals surface area contributed by atoms with Crippen LogP contribution in [0.25, 0.3) is 0 Å². The summed E-state index contributed by atoms with van der Waals surface area (Å²) in [5.41, 5.74) is 3.83. The van der Waals surface area contributed by atoms with Gasteiger partial charge < -0.3 is 9.80 Å². The minimum absolute atomic E-state index is 0.0161. The summed E-state index contributed by atoms with van der Waals surface area (Å²) in [7, 11) is -2.11. The lowest BCUT2D eigenvalue weighted by atomic mass is 10.0. The van der Waals surface area contributed by atoms with Crippen molar-refractivity contribution in [2.24, 2.45) is 11.1 Å². The zero-order chi connectivity index (χ0) is 22.2. The summed E-state index contributed by atoms with van der Waals surface area (Å²) in [6.07, 6.45) is 0.464. The molecule has 1 saturated heterocycles. The quantitative estimate of drug-likeness (QED) is 0.738. The fraction of sp³-hybridized carbons (Fsp3) is 0.364. The second-order valence-corrected chi connectivity index (χ2v) is 9.40. The molecule has 160 valence electrons. The van der Waals surface area contributed by atoms with Gasteiger partial charge in [0.25, 0.3) is 0 Å². The molecule has 2 aromatic rings. The van der Waals surface area contributed by atoms with Gasteiger partial charge in [-0.05, 0) is 68.1 Å². The van der Waals surface area contributed by atoms with Gasteiger partial charge in [0.2, 0.25) is 21.8 Å². The summed E-state index contributed by atoms with van der Waals surface area (Å²) in [6, 6.07) is 11.6. The highest BCUT2D eigenvalue weighted by Gasteiger charge is 2.40. The zero-order valence-electron chi connectivity index (χ0n) is 17.6. The van der Waals surface area contributed by atoms with E-state index in [1.54, 1.807) is 29.0 Å². The SMILES string of the molecule is Cc1ccc(N2CCC(C(=O)N(C)C(C)c3ccc(S(N)(=O)=O)cc3)C2=O)cc1C. The molecule has 2 atom stereocenters. The van der Waals surface area contributed by atoms with Crippen molar-refractivity contribution in [1.82, 2.24) is 4.90 Å². The van der Waals surface area contributed by atoms with Crippen molar-refractivity contribution in [3.05, 3.63) is 59.2 Å². The third-order valence-electron chi connectivity index (χ3n) is 5.93. The number of nitrogens with zero attached hydrogens (tertiary/aromatic N) is 2. The van der Waals surface area contributed by atoms with Gasteiger partial charge in [-0.25, -0.2) is 13.6 Å². The number of hydrogen-bond donors (Lipinski definition) is 1. The monoisotopic (exact) mass is 429 g/mol. The van der Waals surface area contributed by atoms with E-state index in [4.69, 9.17) is 5.14 Å². The largest absolute Gasteiger partial charge is 0.338 e. The van der Waals surface area contributed by atoms with Crippen LogP contribution in [0.4, 0.5) is 5.69 Å². The molecule has 2 unspecified atom stereocenters. The van der Waals surface area contributed by atoms with Crippen molar-refractivity contribution in [2.45, 2.75) is 38.1 Å². The van der Waals surface area contributed by atoms with E-state index in [-0.39, 0.29) is 22.8 Å². The Hall–Kier alpha value is -2.71. The van der Waals surface area contributed by atoms with E-state index in [9.17, 15) is 18.0 Å². The van der Waals surface area contributed by atoms with Crippen LogP contribution in [0.3, 0.4) is 0 Å². The number of primary sulfonamides is 1. The lowest BCUT2D eigenvalue weighted by molar-refractivity contribution is -0.140. The maximum absolute atomic E-state index is 13.1. The molecule has 1 heterocycles. The third kappa shape index (κ3) is 4.24. The molecule has 1 aliphatic heterocycles. The van der Waals surface area contributed by atoms with Crippen LogP contribution in [0.5, 0.6) is 0 Å². The topological polar surface area (TPSA) is 101 Å². The maximum Gasteiger partial charge on any atom is 0.239 e.